The van der Waals surface area contributed by atoms with Crippen molar-refractivity contribution in [2.24, 2.45) is 0 Å². The summed E-state index contributed by atoms with van der Waals surface area (Å²) in [5.74, 6) is -5.64. The third kappa shape index (κ3) is 6.00. The molecule has 0 aromatic heterocycles. The highest BCUT2D eigenvalue weighted by molar-refractivity contribution is 7.81. The summed E-state index contributed by atoms with van der Waals surface area (Å²) in [7, 11) is 0. The molecular formula is C51H56F4S. The number of benzene rings is 5. The lowest BCUT2D eigenvalue weighted by molar-refractivity contribution is 0.463. The van der Waals surface area contributed by atoms with E-state index in [2.05, 4.69) is 73.6 Å². The second-order valence-electron chi connectivity index (χ2n) is 21.1. The van der Waals surface area contributed by atoms with Gasteiger partial charge in [-0.2, -0.15) is 12.6 Å². The second kappa shape index (κ2) is 12.3. The van der Waals surface area contributed by atoms with E-state index in [-0.39, 0.29) is 22.0 Å². The largest absolute Gasteiger partial charge is 0.203 e. The normalized spacial score (nSPS) is 17.5. The van der Waals surface area contributed by atoms with Crippen LogP contribution in [0.4, 0.5) is 17.6 Å². The summed E-state index contributed by atoms with van der Waals surface area (Å²) in [6, 6.07) is 19.9. The smallest absolute Gasteiger partial charge is 0.170 e. The predicted octanol–water partition coefficient (Wildman–Crippen LogP) is 15.2. The van der Waals surface area contributed by atoms with Crippen LogP contribution in [0, 0.1) is 23.3 Å². The fourth-order valence-corrected chi connectivity index (χ4v) is 9.14. The molecular weight excluding hydrogens is 721 g/mol. The molecule has 0 fully saturated rings. The minimum absolute atomic E-state index is 0.115. The Morgan fingerprint density at radius 2 is 0.696 bits per heavy atom. The number of hydrogen-bond donors (Lipinski definition) is 1. The molecule has 0 radical (unpaired) electrons. The Hall–Kier alpha value is -3.83. The molecule has 56 heavy (non-hydrogen) atoms. The maximum atomic E-state index is 17.3. The van der Waals surface area contributed by atoms with E-state index in [0.717, 1.165) is 55.6 Å². The van der Waals surface area contributed by atoms with Crippen molar-refractivity contribution in [2.75, 3.05) is 0 Å². The number of rotatable bonds is 2. The van der Waals surface area contributed by atoms with Gasteiger partial charge >= 0.3 is 0 Å². The highest BCUT2D eigenvalue weighted by Gasteiger charge is 2.43. The standard InChI is InChI=1S/C51H56F4S/c1-46(2,3)26-16-18-30-34(22-26)50(13,14)36-24-28(48(7,8)9)20-32(38(30)36)40-42(52)44(54)41(45(55)43(40)53)33-21-29(49(10,11)12)25-37-39(33)31-19-17-27(47(4,5)6)23-35(31)51(37,15)56/h16-25,56H,1-15H3. The summed E-state index contributed by atoms with van der Waals surface area (Å²) in [5, 5.41) is 0. The van der Waals surface area contributed by atoms with E-state index in [9.17, 15) is 0 Å². The van der Waals surface area contributed by atoms with Gasteiger partial charge in [0, 0.05) is 5.41 Å². The van der Waals surface area contributed by atoms with Gasteiger partial charge in [0.15, 0.2) is 23.3 Å². The fraction of sp³-hybridized carbons (Fsp3) is 0.412. The molecule has 0 saturated heterocycles. The van der Waals surface area contributed by atoms with Gasteiger partial charge in [0.25, 0.3) is 0 Å². The van der Waals surface area contributed by atoms with Gasteiger partial charge in [0.05, 0.1) is 15.9 Å². The van der Waals surface area contributed by atoms with E-state index in [4.69, 9.17) is 12.6 Å². The Morgan fingerprint density at radius 1 is 0.375 bits per heavy atom. The maximum absolute atomic E-state index is 17.3. The summed E-state index contributed by atoms with van der Waals surface area (Å²) in [4.78, 5) is 0. The van der Waals surface area contributed by atoms with E-state index in [0.29, 0.717) is 11.1 Å². The molecule has 1 atom stereocenters. The Morgan fingerprint density at radius 3 is 1.09 bits per heavy atom. The van der Waals surface area contributed by atoms with Crippen molar-refractivity contribution in [3.05, 3.63) is 128 Å². The van der Waals surface area contributed by atoms with Crippen molar-refractivity contribution in [2.45, 2.75) is 136 Å². The van der Waals surface area contributed by atoms with E-state index in [1.54, 1.807) is 12.1 Å². The first-order chi connectivity index (χ1) is 25.5. The van der Waals surface area contributed by atoms with E-state index in [1.807, 2.05) is 78.8 Å². The van der Waals surface area contributed by atoms with Crippen LogP contribution in [0.3, 0.4) is 0 Å². The van der Waals surface area contributed by atoms with Crippen LogP contribution in [0.2, 0.25) is 0 Å². The first-order valence-corrected chi connectivity index (χ1v) is 20.2. The fourth-order valence-electron chi connectivity index (χ4n) is 8.77. The molecule has 0 heterocycles. The highest BCUT2D eigenvalue weighted by atomic mass is 32.1. The SMILES string of the molecule is CC(C)(C)c1ccc2c(c1)C(C)(C)c1cc(C(C)(C)C)cc(-c3c(F)c(F)c(-c4cc(C(C)(C)C)cc5c4-c4ccc(C(C)(C)C)cc4C5(C)S)c(F)c3F)c1-2. The average Bonchev–Trinajstić information content (AvgIpc) is 3.45. The topological polar surface area (TPSA) is 0 Å². The summed E-state index contributed by atoms with van der Waals surface area (Å²) >= 11 is 5.20. The van der Waals surface area contributed by atoms with Crippen LogP contribution in [0.1, 0.15) is 148 Å². The van der Waals surface area contributed by atoms with Gasteiger partial charge in [0.2, 0.25) is 0 Å². The lowest BCUT2D eigenvalue weighted by Crippen LogP contribution is -2.19. The van der Waals surface area contributed by atoms with Gasteiger partial charge in [-0.3, -0.25) is 0 Å². The summed E-state index contributed by atoms with van der Waals surface area (Å²) in [6.45, 7) is 31.2. The van der Waals surface area contributed by atoms with Crippen molar-refractivity contribution in [1.82, 2.24) is 0 Å². The Balaban J connectivity index is 1.56. The second-order valence-corrected chi connectivity index (χ2v) is 22.0. The summed E-state index contributed by atoms with van der Waals surface area (Å²) in [5.41, 5.74) is 7.20. The van der Waals surface area contributed by atoms with Crippen LogP contribution in [-0.2, 0) is 31.8 Å². The quantitative estimate of drug-likeness (QED) is 0.103. The molecule has 0 aliphatic heterocycles. The summed E-state index contributed by atoms with van der Waals surface area (Å²) in [6.07, 6.45) is 0. The molecule has 0 nitrogen and oxygen atoms in total. The van der Waals surface area contributed by atoms with Crippen molar-refractivity contribution >= 4 is 12.6 Å². The molecule has 0 saturated carbocycles. The van der Waals surface area contributed by atoms with Crippen molar-refractivity contribution in [1.29, 1.82) is 0 Å². The minimum Gasteiger partial charge on any atom is -0.203 e. The van der Waals surface area contributed by atoms with E-state index >= 15 is 17.6 Å². The zero-order chi connectivity index (χ0) is 41.6. The Kier molecular flexibility index (Phi) is 8.89. The maximum Gasteiger partial charge on any atom is 0.170 e. The van der Waals surface area contributed by atoms with Crippen molar-refractivity contribution in [3.63, 3.8) is 0 Å². The average molecular weight is 777 g/mol. The monoisotopic (exact) mass is 776 g/mol. The van der Waals surface area contributed by atoms with Gasteiger partial charge in [0.1, 0.15) is 0 Å². The molecule has 2 aliphatic rings. The Labute approximate surface area is 337 Å². The van der Waals surface area contributed by atoms with E-state index < -0.39 is 55.4 Å². The molecule has 5 aromatic carbocycles. The van der Waals surface area contributed by atoms with Crippen LogP contribution in [0.5, 0.6) is 0 Å². The molecule has 1 unspecified atom stereocenters. The first kappa shape index (κ1) is 40.4. The minimum atomic E-state index is -1.41. The first-order valence-electron chi connectivity index (χ1n) is 19.8. The number of hydrogen-bond acceptors (Lipinski definition) is 1. The lowest BCUT2D eigenvalue weighted by Gasteiger charge is -2.28. The van der Waals surface area contributed by atoms with Crippen LogP contribution in [-0.4, -0.2) is 0 Å². The molecule has 5 heteroatoms. The van der Waals surface area contributed by atoms with E-state index in [1.165, 1.54) is 0 Å². The molecule has 0 N–H and O–H groups in total. The van der Waals surface area contributed by atoms with Crippen LogP contribution < -0.4 is 0 Å². The molecule has 7 rings (SSSR count). The highest BCUT2D eigenvalue weighted by Crippen LogP contribution is 2.58. The van der Waals surface area contributed by atoms with Gasteiger partial charge < -0.3 is 0 Å². The number of halogens is 4. The molecule has 294 valence electrons. The summed E-state index contributed by atoms with van der Waals surface area (Å²) < 4.78 is 68.3. The van der Waals surface area contributed by atoms with Gasteiger partial charge in [-0.1, -0.05) is 145 Å². The van der Waals surface area contributed by atoms with Crippen molar-refractivity contribution in [3.8, 4) is 44.5 Å². The zero-order valence-corrected chi connectivity index (χ0v) is 36.6. The third-order valence-electron chi connectivity index (χ3n) is 12.5. The van der Waals surface area contributed by atoms with Crippen molar-refractivity contribution < 1.29 is 17.6 Å². The van der Waals surface area contributed by atoms with Crippen LogP contribution in [0.25, 0.3) is 44.5 Å². The van der Waals surface area contributed by atoms with Gasteiger partial charge in [-0.25, -0.2) is 17.6 Å². The third-order valence-corrected chi connectivity index (χ3v) is 13.0. The Bertz CT molecular complexity index is 2280. The predicted molar refractivity (Wildman–Crippen MR) is 230 cm³/mol. The molecule has 2 aliphatic carbocycles. The number of thiol groups is 1. The number of fused-ring (bicyclic) bond motifs is 6. The van der Waals surface area contributed by atoms with Crippen LogP contribution in [0.15, 0.2) is 60.7 Å². The zero-order valence-electron chi connectivity index (χ0n) is 35.7. The van der Waals surface area contributed by atoms with Gasteiger partial charge in [-0.15, -0.1) is 0 Å². The molecule has 0 spiro atoms. The lowest BCUT2D eigenvalue weighted by atomic mass is 9.76. The van der Waals surface area contributed by atoms with Gasteiger partial charge in [-0.05, 0) is 119 Å². The molecule has 0 bridgehead atoms. The van der Waals surface area contributed by atoms with Crippen LogP contribution >= 0.6 is 12.6 Å². The molecule has 0 amide bonds. The molecule has 5 aromatic rings.